The molecule has 0 bridgehead atoms. The van der Waals surface area contributed by atoms with E-state index < -0.39 is 18.2 Å². The molecular formula is C53H95NO5. The van der Waals surface area contributed by atoms with Crippen LogP contribution in [0.1, 0.15) is 239 Å². The van der Waals surface area contributed by atoms with Crippen LogP contribution < -0.4 is 5.32 Å². The zero-order valence-corrected chi connectivity index (χ0v) is 38.9. The van der Waals surface area contributed by atoms with Crippen LogP contribution in [0, 0.1) is 0 Å². The van der Waals surface area contributed by atoms with Crippen molar-refractivity contribution in [3.8, 4) is 0 Å². The van der Waals surface area contributed by atoms with Crippen molar-refractivity contribution >= 4 is 11.9 Å². The van der Waals surface area contributed by atoms with E-state index in [2.05, 4.69) is 74.7 Å². The molecule has 3 N–H and O–H groups in total. The van der Waals surface area contributed by atoms with Gasteiger partial charge >= 0.3 is 5.97 Å². The van der Waals surface area contributed by atoms with E-state index >= 15 is 0 Å². The number of hydrogen-bond acceptors (Lipinski definition) is 5. The molecule has 0 saturated carbocycles. The molecule has 0 rings (SSSR count). The van der Waals surface area contributed by atoms with Crippen LogP contribution in [-0.4, -0.2) is 46.9 Å². The topological polar surface area (TPSA) is 95.9 Å². The summed E-state index contributed by atoms with van der Waals surface area (Å²) in [6.07, 6.45) is 57.4. The Morgan fingerprint density at radius 1 is 0.508 bits per heavy atom. The highest BCUT2D eigenvalue weighted by molar-refractivity contribution is 5.78. The van der Waals surface area contributed by atoms with Crippen molar-refractivity contribution in [2.45, 2.75) is 257 Å². The van der Waals surface area contributed by atoms with Crippen molar-refractivity contribution in [1.29, 1.82) is 0 Å². The second-order valence-corrected chi connectivity index (χ2v) is 16.8. The number of carbonyl (C=O) groups is 2. The van der Waals surface area contributed by atoms with Gasteiger partial charge in [-0.25, -0.2) is 0 Å². The van der Waals surface area contributed by atoms with Gasteiger partial charge in [0, 0.05) is 6.42 Å². The lowest BCUT2D eigenvalue weighted by molar-refractivity contribution is -0.148. The van der Waals surface area contributed by atoms with E-state index in [1.165, 1.54) is 128 Å². The predicted octanol–water partition coefficient (Wildman–Crippen LogP) is 14.8. The Morgan fingerprint density at radius 2 is 0.881 bits per heavy atom. The van der Waals surface area contributed by atoms with Gasteiger partial charge in [0.05, 0.1) is 25.2 Å². The molecule has 0 aromatic heterocycles. The number of rotatable bonds is 44. The first-order valence-corrected chi connectivity index (χ1v) is 25.0. The molecule has 0 heterocycles. The lowest BCUT2D eigenvalue weighted by Crippen LogP contribution is -2.46. The highest BCUT2D eigenvalue weighted by Gasteiger charge is 2.23. The van der Waals surface area contributed by atoms with Gasteiger partial charge in [-0.05, 0) is 51.0 Å². The van der Waals surface area contributed by atoms with E-state index in [0.717, 1.165) is 64.2 Å². The van der Waals surface area contributed by atoms with E-state index in [1.54, 1.807) is 6.08 Å². The SMILES string of the molecule is CC/C=C/C/C=C/C/C=C/C/C=C/C/C=C/C(CC(=O)NC(CO)C(O)CCCCCCCCCCCC)OC(=O)CCCCCCCCCCCCCCCCCC. The van der Waals surface area contributed by atoms with Gasteiger partial charge in [0.25, 0.3) is 0 Å². The summed E-state index contributed by atoms with van der Waals surface area (Å²) in [6.45, 7) is 6.32. The van der Waals surface area contributed by atoms with Crippen molar-refractivity contribution in [3.05, 3.63) is 60.8 Å². The van der Waals surface area contributed by atoms with E-state index in [9.17, 15) is 19.8 Å². The van der Waals surface area contributed by atoms with Crippen molar-refractivity contribution in [1.82, 2.24) is 5.32 Å². The summed E-state index contributed by atoms with van der Waals surface area (Å²) in [5.74, 6) is -0.624. The number of aliphatic hydroxyl groups excluding tert-OH is 2. The molecule has 3 atom stereocenters. The number of allylic oxidation sites excluding steroid dienone is 9. The minimum absolute atomic E-state index is 0.0448. The van der Waals surface area contributed by atoms with Crippen molar-refractivity contribution in [2.24, 2.45) is 0 Å². The van der Waals surface area contributed by atoms with Crippen LogP contribution in [0.2, 0.25) is 0 Å². The molecule has 0 aromatic rings. The number of hydrogen-bond donors (Lipinski definition) is 3. The predicted molar refractivity (Wildman–Crippen MR) is 255 cm³/mol. The van der Waals surface area contributed by atoms with E-state index in [4.69, 9.17) is 4.74 Å². The average Bonchev–Trinajstić information content (AvgIpc) is 3.23. The van der Waals surface area contributed by atoms with E-state index in [-0.39, 0.29) is 24.9 Å². The third kappa shape index (κ3) is 42.1. The molecule has 0 aliphatic heterocycles. The molecule has 0 radical (unpaired) electrons. The Morgan fingerprint density at radius 3 is 1.29 bits per heavy atom. The fourth-order valence-electron chi connectivity index (χ4n) is 7.33. The summed E-state index contributed by atoms with van der Waals surface area (Å²) < 4.78 is 5.82. The third-order valence-electron chi connectivity index (χ3n) is 11.1. The number of carbonyl (C=O) groups excluding carboxylic acids is 2. The summed E-state index contributed by atoms with van der Waals surface area (Å²) in [6, 6.07) is -0.740. The first-order chi connectivity index (χ1) is 29.0. The first-order valence-electron chi connectivity index (χ1n) is 25.0. The summed E-state index contributed by atoms with van der Waals surface area (Å²) in [5.41, 5.74) is 0. The Balaban J connectivity index is 4.70. The van der Waals surface area contributed by atoms with Gasteiger partial charge < -0.3 is 20.3 Å². The lowest BCUT2D eigenvalue weighted by atomic mass is 10.0. The molecule has 6 heteroatoms. The molecule has 0 aliphatic carbocycles. The molecular weight excluding hydrogens is 731 g/mol. The van der Waals surface area contributed by atoms with Gasteiger partial charge in [0.15, 0.2) is 0 Å². The smallest absolute Gasteiger partial charge is 0.306 e. The van der Waals surface area contributed by atoms with Gasteiger partial charge in [-0.15, -0.1) is 0 Å². The van der Waals surface area contributed by atoms with Crippen LogP contribution in [0.4, 0.5) is 0 Å². The fourth-order valence-corrected chi connectivity index (χ4v) is 7.33. The molecule has 0 aliphatic rings. The number of amides is 1. The fraction of sp³-hybridized carbons (Fsp3) is 0.774. The van der Waals surface area contributed by atoms with Crippen LogP contribution in [0.5, 0.6) is 0 Å². The molecule has 6 nitrogen and oxygen atoms in total. The maximum Gasteiger partial charge on any atom is 0.306 e. The second-order valence-electron chi connectivity index (χ2n) is 16.8. The van der Waals surface area contributed by atoms with Gasteiger partial charge in [0.2, 0.25) is 5.91 Å². The Hall–Kier alpha value is -2.44. The van der Waals surface area contributed by atoms with Gasteiger partial charge in [-0.2, -0.15) is 0 Å². The van der Waals surface area contributed by atoms with Crippen LogP contribution in [-0.2, 0) is 14.3 Å². The summed E-state index contributed by atoms with van der Waals surface area (Å²) in [7, 11) is 0. The number of unbranched alkanes of at least 4 members (excludes halogenated alkanes) is 24. The van der Waals surface area contributed by atoms with Crippen LogP contribution in [0.15, 0.2) is 60.8 Å². The highest BCUT2D eigenvalue weighted by Crippen LogP contribution is 2.16. The van der Waals surface area contributed by atoms with Gasteiger partial charge in [-0.3, -0.25) is 9.59 Å². The molecule has 0 saturated heterocycles. The summed E-state index contributed by atoms with van der Waals surface area (Å²) in [5, 5.41) is 23.6. The Kier molecular flexibility index (Phi) is 44.7. The molecule has 0 spiro atoms. The van der Waals surface area contributed by atoms with Gasteiger partial charge in [0.1, 0.15) is 6.10 Å². The van der Waals surface area contributed by atoms with Crippen molar-refractivity contribution in [2.75, 3.05) is 6.61 Å². The molecule has 59 heavy (non-hydrogen) atoms. The number of aliphatic hydroxyl groups is 2. The number of esters is 1. The Labute approximate surface area is 365 Å². The zero-order chi connectivity index (χ0) is 43.1. The van der Waals surface area contributed by atoms with Gasteiger partial charge in [-0.1, -0.05) is 236 Å². The number of nitrogens with one attached hydrogen (secondary N) is 1. The maximum absolute atomic E-state index is 13.1. The van der Waals surface area contributed by atoms with Crippen molar-refractivity contribution < 1.29 is 24.5 Å². The van der Waals surface area contributed by atoms with Crippen LogP contribution in [0.3, 0.4) is 0 Å². The Bertz CT molecular complexity index is 1060. The quantitative estimate of drug-likeness (QED) is 0.0323. The zero-order valence-electron chi connectivity index (χ0n) is 38.9. The molecule has 1 amide bonds. The van der Waals surface area contributed by atoms with Crippen LogP contribution in [0.25, 0.3) is 0 Å². The summed E-state index contributed by atoms with van der Waals surface area (Å²) >= 11 is 0. The minimum atomic E-state index is -0.817. The standard InChI is InChI=1S/C53H95NO5/c1-4-7-10-13-16-19-22-24-26-27-29-31-34-37-40-43-46-53(58)59-49(44-41-38-35-32-30-28-25-23-20-17-14-11-8-5-2)47-52(57)54-50(48-55)51(56)45-42-39-36-33-21-18-15-12-9-6-3/h8,11,17,20,25,28,32,35,41,44,49-51,55-56H,4-7,9-10,12-16,18-19,21-24,26-27,29-31,33-34,36-40,42-43,45-48H2,1-3H3,(H,54,57)/b11-8+,20-17+,28-25+,35-32+,44-41+. The maximum atomic E-state index is 13.1. The van der Waals surface area contributed by atoms with Crippen LogP contribution >= 0.6 is 0 Å². The lowest BCUT2D eigenvalue weighted by Gasteiger charge is -2.23. The summed E-state index contributed by atoms with van der Waals surface area (Å²) in [4.78, 5) is 26.0. The van der Waals surface area contributed by atoms with Crippen molar-refractivity contribution in [3.63, 3.8) is 0 Å². The minimum Gasteiger partial charge on any atom is -0.458 e. The third-order valence-corrected chi connectivity index (χ3v) is 11.1. The molecule has 0 fully saturated rings. The van der Waals surface area contributed by atoms with E-state index in [0.29, 0.717) is 19.3 Å². The molecule has 0 aromatic carbocycles. The van der Waals surface area contributed by atoms with E-state index in [1.807, 2.05) is 6.08 Å². The monoisotopic (exact) mass is 826 g/mol. The molecule has 342 valence electrons. The highest BCUT2D eigenvalue weighted by atomic mass is 16.5. The molecule has 3 unspecified atom stereocenters. The number of ether oxygens (including phenoxy) is 1. The normalized spacial score (nSPS) is 13.8. The second kappa shape index (κ2) is 46.6. The largest absolute Gasteiger partial charge is 0.458 e. The average molecular weight is 826 g/mol. The first kappa shape index (κ1) is 56.6.